The number of halogens is 1. The van der Waals surface area contributed by atoms with E-state index in [1.165, 1.54) is 11.1 Å². The maximum atomic E-state index is 5.94. The Morgan fingerprint density at radius 1 is 1.14 bits per heavy atom. The fourth-order valence-electron chi connectivity index (χ4n) is 2.34. The van der Waals surface area contributed by atoms with Gasteiger partial charge in [-0.25, -0.2) is 0 Å². The molecule has 2 nitrogen and oxygen atoms in total. The molecule has 0 radical (unpaired) electrons. The van der Waals surface area contributed by atoms with Crippen molar-refractivity contribution in [3.63, 3.8) is 0 Å². The van der Waals surface area contributed by atoms with E-state index in [0.29, 0.717) is 12.5 Å². The second-order valence-electron chi connectivity index (χ2n) is 5.18. The van der Waals surface area contributed by atoms with Crippen LogP contribution < -0.4 is 10.5 Å². The molecule has 0 aliphatic heterocycles. The summed E-state index contributed by atoms with van der Waals surface area (Å²) in [5.41, 5.74) is 8.41. The van der Waals surface area contributed by atoms with Gasteiger partial charge in [0.2, 0.25) is 0 Å². The van der Waals surface area contributed by atoms with E-state index >= 15 is 0 Å². The lowest BCUT2D eigenvalue weighted by Crippen LogP contribution is -2.15. The molecule has 0 spiro atoms. The predicted octanol–water partition coefficient (Wildman–Crippen LogP) is 4.41. The minimum atomic E-state index is 0.295. The summed E-state index contributed by atoms with van der Waals surface area (Å²) < 4.78 is 5.68. The molecule has 112 valence electrons. The van der Waals surface area contributed by atoms with Gasteiger partial charge >= 0.3 is 0 Å². The summed E-state index contributed by atoms with van der Waals surface area (Å²) in [6, 6.07) is 16.2. The Kier molecular flexibility index (Phi) is 6.09. The minimum Gasteiger partial charge on any atom is -0.494 e. The highest BCUT2D eigenvalue weighted by Gasteiger charge is 2.11. The maximum Gasteiger partial charge on any atom is 0.119 e. The topological polar surface area (TPSA) is 35.2 Å². The number of ether oxygens (including phenoxy) is 1. The molecule has 0 fully saturated rings. The van der Waals surface area contributed by atoms with Gasteiger partial charge in [0.25, 0.3) is 0 Å². The smallest absolute Gasteiger partial charge is 0.119 e. The SMILES string of the molecule is CCCOc1cccc(CC(CN)c2ccc(Cl)cc2)c1. The van der Waals surface area contributed by atoms with Crippen molar-refractivity contribution in [2.24, 2.45) is 5.73 Å². The molecule has 0 bridgehead atoms. The molecule has 0 aliphatic carbocycles. The van der Waals surface area contributed by atoms with Crippen LogP contribution in [0.15, 0.2) is 48.5 Å². The average molecular weight is 304 g/mol. The first-order valence-electron chi connectivity index (χ1n) is 7.40. The van der Waals surface area contributed by atoms with Gasteiger partial charge in [-0.15, -0.1) is 0 Å². The Labute approximate surface area is 131 Å². The second-order valence-corrected chi connectivity index (χ2v) is 5.62. The average Bonchev–Trinajstić information content (AvgIpc) is 2.52. The van der Waals surface area contributed by atoms with E-state index < -0.39 is 0 Å². The Morgan fingerprint density at radius 2 is 1.90 bits per heavy atom. The fraction of sp³-hybridized carbons (Fsp3) is 0.333. The van der Waals surface area contributed by atoms with Gasteiger partial charge in [0.15, 0.2) is 0 Å². The lowest BCUT2D eigenvalue weighted by molar-refractivity contribution is 0.317. The van der Waals surface area contributed by atoms with Gasteiger partial charge in [0.05, 0.1) is 6.61 Å². The molecule has 0 saturated heterocycles. The van der Waals surface area contributed by atoms with Crippen LogP contribution in [0.3, 0.4) is 0 Å². The van der Waals surface area contributed by atoms with Crippen LogP contribution in [0.25, 0.3) is 0 Å². The molecule has 21 heavy (non-hydrogen) atoms. The normalized spacial score (nSPS) is 12.1. The summed E-state index contributed by atoms with van der Waals surface area (Å²) in [7, 11) is 0. The molecule has 0 aliphatic rings. The van der Waals surface area contributed by atoms with Crippen LogP contribution in [0.1, 0.15) is 30.4 Å². The summed E-state index contributed by atoms with van der Waals surface area (Å²) in [5, 5.41) is 0.754. The molecule has 1 atom stereocenters. The first-order chi connectivity index (χ1) is 10.2. The molecular weight excluding hydrogens is 282 g/mol. The molecule has 0 heterocycles. The zero-order valence-corrected chi connectivity index (χ0v) is 13.1. The highest BCUT2D eigenvalue weighted by atomic mass is 35.5. The van der Waals surface area contributed by atoms with Crippen LogP contribution in [0.2, 0.25) is 5.02 Å². The monoisotopic (exact) mass is 303 g/mol. The van der Waals surface area contributed by atoms with Gasteiger partial charge in [-0.1, -0.05) is 42.8 Å². The van der Waals surface area contributed by atoms with E-state index in [2.05, 4.69) is 31.2 Å². The van der Waals surface area contributed by atoms with Gasteiger partial charge in [0.1, 0.15) is 5.75 Å². The summed E-state index contributed by atoms with van der Waals surface area (Å²) in [6.07, 6.45) is 1.92. The number of hydrogen-bond donors (Lipinski definition) is 1. The summed E-state index contributed by atoms with van der Waals surface area (Å²) in [5.74, 6) is 1.23. The molecule has 0 saturated carbocycles. The number of hydrogen-bond acceptors (Lipinski definition) is 2. The molecule has 2 rings (SSSR count). The fourth-order valence-corrected chi connectivity index (χ4v) is 2.46. The number of rotatable bonds is 7. The van der Waals surface area contributed by atoms with Crippen LogP contribution in [-0.2, 0) is 6.42 Å². The lowest BCUT2D eigenvalue weighted by Gasteiger charge is -2.16. The van der Waals surface area contributed by atoms with Gasteiger partial charge in [-0.2, -0.15) is 0 Å². The standard InChI is InChI=1S/C18H22ClNO/c1-2-10-21-18-5-3-4-14(12-18)11-16(13-20)15-6-8-17(19)9-7-15/h3-9,12,16H,2,10-11,13,20H2,1H3. The van der Waals surface area contributed by atoms with Crippen molar-refractivity contribution in [1.29, 1.82) is 0 Å². The summed E-state index contributed by atoms with van der Waals surface area (Å²) in [6.45, 7) is 3.47. The van der Waals surface area contributed by atoms with Crippen LogP contribution in [0.5, 0.6) is 5.75 Å². The minimum absolute atomic E-state index is 0.295. The predicted molar refractivity (Wildman–Crippen MR) is 89.2 cm³/mol. The highest BCUT2D eigenvalue weighted by Crippen LogP contribution is 2.23. The molecule has 2 N–H and O–H groups in total. The summed E-state index contributed by atoms with van der Waals surface area (Å²) in [4.78, 5) is 0. The van der Waals surface area contributed by atoms with Gasteiger partial charge < -0.3 is 10.5 Å². The molecule has 0 amide bonds. The second kappa shape index (κ2) is 8.06. The maximum absolute atomic E-state index is 5.94. The summed E-state index contributed by atoms with van der Waals surface area (Å²) >= 11 is 5.94. The quantitative estimate of drug-likeness (QED) is 0.822. The van der Waals surface area contributed by atoms with E-state index in [4.69, 9.17) is 22.1 Å². The van der Waals surface area contributed by atoms with Crippen molar-refractivity contribution in [1.82, 2.24) is 0 Å². The van der Waals surface area contributed by atoms with E-state index in [0.717, 1.165) is 30.2 Å². The highest BCUT2D eigenvalue weighted by molar-refractivity contribution is 6.30. The van der Waals surface area contributed by atoms with Crippen molar-refractivity contribution in [2.75, 3.05) is 13.2 Å². The third-order valence-corrected chi connectivity index (χ3v) is 3.73. The Morgan fingerprint density at radius 3 is 2.57 bits per heavy atom. The lowest BCUT2D eigenvalue weighted by atomic mass is 9.92. The van der Waals surface area contributed by atoms with Crippen molar-refractivity contribution in [3.05, 3.63) is 64.7 Å². The molecule has 2 aromatic rings. The van der Waals surface area contributed by atoms with Crippen molar-refractivity contribution in [3.8, 4) is 5.75 Å². The van der Waals surface area contributed by atoms with E-state index in [9.17, 15) is 0 Å². The third-order valence-electron chi connectivity index (χ3n) is 3.48. The number of nitrogens with two attached hydrogens (primary N) is 1. The first kappa shape index (κ1) is 15.9. The van der Waals surface area contributed by atoms with Crippen molar-refractivity contribution >= 4 is 11.6 Å². The largest absolute Gasteiger partial charge is 0.494 e. The van der Waals surface area contributed by atoms with Crippen LogP contribution in [0, 0.1) is 0 Å². The first-order valence-corrected chi connectivity index (χ1v) is 7.78. The Balaban J connectivity index is 2.09. The molecule has 1 unspecified atom stereocenters. The zero-order valence-electron chi connectivity index (χ0n) is 12.4. The Bertz CT molecular complexity index is 553. The van der Waals surface area contributed by atoms with Crippen molar-refractivity contribution in [2.45, 2.75) is 25.7 Å². The third kappa shape index (κ3) is 4.76. The number of benzene rings is 2. The van der Waals surface area contributed by atoms with Crippen LogP contribution in [0.4, 0.5) is 0 Å². The molecule has 3 heteroatoms. The van der Waals surface area contributed by atoms with E-state index in [1.807, 2.05) is 24.3 Å². The van der Waals surface area contributed by atoms with Gasteiger partial charge in [-0.05, 0) is 54.8 Å². The molecule has 2 aromatic carbocycles. The van der Waals surface area contributed by atoms with E-state index in [-0.39, 0.29) is 0 Å². The molecular formula is C18H22ClNO. The van der Waals surface area contributed by atoms with Crippen LogP contribution >= 0.6 is 11.6 Å². The molecule has 0 aromatic heterocycles. The van der Waals surface area contributed by atoms with Crippen LogP contribution in [-0.4, -0.2) is 13.2 Å². The van der Waals surface area contributed by atoms with Gasteiger partial charge in [-0.3, -0.25) is 0 Å². The zero-order chi connectivity index (χ0) is 15.1. The van der Waals surface area contributed by atoms with Crippen molar-refractivity contribution < 1.29 is 4.74 Å². The van der Waals surface area contributed by atoms with Gasteiger partial charge in [0, 0.05) is 10.9 Å². The Hall–Kier alpha value is -1.51. The van der Waals surface area contributed by atoms with E-state index in [1.54, 1.807) is 0 Å².